The number of nitrogens with zero attached hydrogens (tertiary/aromatic N) is 1. The van der Waals surface area contributed by atoms with Crippen LogP contribution < -0.4 is 10.6 Å². The molecule has 7 heteroatoms. The van der Waals surface area contributed by atoms with E-state index in [1.807, 2.05) is 19.2 Å². The van der Waals surface area contributed by atoms with Gasteiger partial charge in [-0.25, -0.2) is 14.6 Å². The van der Waals surface area contributed by atoms with Gasteiger partial charge in [-0.1, -0.05) is 13.8 Å². The minimum Gasteiger partial charge on any atom is -0.480 e. The third-order valence-electron chi connectivity index (χ3n) is 2.19. The molecule has 0 bridgehead atoms. The van der Waals surface area contributed by atoms with E-state index in [0.29, 0.717) is 13.0 Å². The van der Waals surface area contributed by atoms with E-state index in [4.69, 9.17) is 5.11 Å². The van der Waals surface area contributed by atoms with E-state index in [0.717, 1.165) is 5.01 Å². The predicted molar refractivity (Wildman–Crippen MR) is 68.4 cm³/mol. The molecule has 0 saturated carbocycles. The van der Waals surface area contributed by atoms with E-state index in [2.05, 4.69) is 15.6 Å². The van der Waals surface area contributed by atoms with Crippen LogP contribution in [0.1, 0.15) is 25.3 Å². The van der Waals surface area contributed by atoms with Crippen LogP contribution in [0.2, 0.25) is 0 Å². The van der Waals surface area contributed by atoms with Crippen molar-refractivity contribution in [3.63, 3.8) is 0 Å². The molecule has 2 amide bonds. The van der Waals surface area contributed by atoms with Gasteiger partial charge in [0.1, 0.15) is 11.0 Å². The molecule has 0 radical (unpaired) electrons. The average Bonchev–Trinajstić information content (AvgIpc) is 2.77. The highest BCUT2D eigenvalue weighted by atomic mass is 32.1. The highest BCUT2D eigenvalue weighted by Crippen LogP contribution is 2.05. The number of thiazole rings is 1. The number of hydrogen-bond donors (Lipinski definition) is 3. The molecule has 1 rings (SSSR count). The smallest absolute Gasteiger partial charge is 0.326 e. The zero-order valence-corrected chi connectivity index (χ0v) is 11.2. The van der Waals surface area contributed by atoms with E-state index < -0.39 is 18.0 Å². The van der Waals surface area contributed by atoms with Gasteiger partial charge in [-0.2, -0.15) is 0 Å². The van der Waals surface area contributed by atoms with Crippen LogP contribution in [0.3, 0.4) is 0 Å². The first-order valence-corrected chi connectivity index (χ1v) is 6.52. The molecule has 1 atom stereocenters. The number of aromatic nitrogens is 1. The van der Waals surface area contributed by atoms with E-state index in [1.165, 1.54) is 11.3 Å². The van der Waals surface area contributed by atoms with E-state index in [1.54, 1.807) is 6.20 Å². The number of urea groups is 1. The average molecular weight is 271 g/mol. The summed E-state index contributed by atoms with van der Waals surface area (Å²) >= 11 is 1.43. The Bertz CT molecular complexity index is 392. The normalized spacial score (nSPS) is 12.2. The first-order chi connectivity index (χ1) is 8.49. The second-order valence-electron chi connectivity index (χ2n) is 4.27. The van der Waals surface area contributed by atoms with Crippen molar-refractivity contribution in [2.45, 2.75) is 32.9 Å². The van der Waals surface area contributed by atoms with Crippen molar-refractivity contribution in [2.24, 2.45) is 5.92 Å². The van der Waals surface area contributed by atoms with E-state index in [9.17, 15) is 9.59 Å². The Balaban J connectivity index is 2.39. The summed E-state index contributed by atoms with van der Waals surface area (Å²) in [7, 11) is 0. The molecule has 0 aliphatic rings. The lowest BCUT2D eigenvalue weighted by Gasteiger charge is -2.16. The molecule has 0 saturated heterocycles. The Kier molecular flexibility index (Phi) is 5.57. The highest BCUT2D eigenvalue weighted by Gasteiger charge is 2.20. The first kappa shape index (κ1) is 14.4. The number of carboxylic acid groups (broad SMARTS) is 1. The monoisotopic (exact) mass is 271 g/mol. The molecule has 0 aliphatic heterocycles. The van der Waals surface area contributed by atoms with Crippen LogP contribution in [0.5, 0.6) is 0 Å². The summed E-state index contributed by atoms with van der Waals surface area (Å²) in [5.74, 6) is -0.821. The second kappa shape index (κ2) is 6.95. The summed E-state index contributed by atoms with van der Waals surface area (Å²) in [4.78, 5) is 26.5. The van der Waals surface area contributed by atoms with E-state index >= 15 is 0 Å². The highest BCUT2D eigenvalue weighted by molar-refractivity contribution is 7.09. The van der Waals surface area contributed by atoms with Gasteiger partial charge in [-0.05, 0) is 12.3 Å². The molecule has 0 aliphatic carbocycles. The molecule has 18 heavy (non-hydrogen) atoms. The zero-order chi connectivity index (χ0) is 13.5. The molecule has 100 valence electrons. The van der Waals surface area contributed by atoms with Crippen LogP contribution in [0.25, 0.3) is 0 Å². The largest absolute Gasteiger partial charge is 0.480 e. The van der Waals surface area contributed by atoms with Gasteiger partial charge in [0.25, 0.3) is 0 Å². The van der Waals surface area contributed by atoms with Crippen LogP contribution >= 0.6 is 11.3 Å². The van der Waals surface area contributed by atoms with Crippen molar-refractivity contribution >= 4 is 23.3 Å². The maximum absolute atomic E-state index is 11.5. The van der Waals surface area contributed by atoms with Crippen LogP contribution in [0.15, 0.2) is 11.6 Å². The van der Waals surface area contributed by atoms with Gasteiger partial charge in [0.15, 0.2) is 0 Å². The third kappa shape index (κ3) is 5.13. The quantitative estimate of drug-likeness (QED) is 0.730. The van der Waals surface area contributed by atoms with Gasteiger partial charge in [0.05, 0.1) is 6.54 Å². The Hall–Kier alpha value is -1.63. The molecule has 0 unspecified atom stereocenters. The Morgan fingerprint density at radius 1 is 1.50 bits per heavy atom. The van der Waals surface area contributed by atoms with Crippen LogP contribution in [-0.2, 0) is 11.3 Å². The second-order valence-corrected chi connectivity index (χ2v) is 5.25. The summed E-state index contributed by atoms with van der Waals surface area (Å²) in [6.07, 6.45) is 2.05. The van der Waals surface area contributed by atoms with Crippen molar-refractivity contribution in [1.29, 1.82) is 0 Å². The SMILES string of the molecule is CC(C)C[C@H](NC(=O)NCc1nccs1)C(=O)O. The van der Waals surface area contributed by atoms with Crippen LogP contribution in [0, 0.1) is 5.92 Å². The Morgan fingerprint density at radius 3 is 2.72 bits per heavy atom. The van der Waals surface area contributed by atoms with Gasteiger partial charge in [-0.15, -0.1) is 11.3 Å². The lowest BCUT2D eigenvalue weighted by atomic mass is 10.0. The third-order valence-corrected chi connectivity index (χ3v) is 2.97. The number of hydrogen-bond acceptors (Lipinski definition) is 4. The maximum atomic E-state index is 11.5. The molecule has 1 aromatic rings. The standard InChI is InChI=1S/C11H17N3O3S/c1-7(2)5-8(10(15)16)14-11(17)13-6-9-12-3-4-18-9/h3-4,7-8H,5-6H2,1-2H3,(H,15,16)(H2,13,14,17)/t8-/m0/s1. The van der Waals surface area contributed by atoms with Crippen LogP contribution in [-0.4, -0.2) is 28.1 Å². The molecular weight excluding hydrogens is 254 g/mol. The summed E-state index contributed by atoms with van der Waals surface area (Å²) in [5, 5.41) is 16.6. The lowest BCUT2D eigenvalue weighted by Crippen LogP contribution is -2.46. The number of amides is 2. The maximum Gasteiger partial charge on any atom is 0.326 e. The van der Waals surface area contributed by atoms with E-state index in [-0.39, 0.29) is 5.92 Å². The van der Waals surface area contributed by atoms with Gasteiger partial charge >= 0.3 is 12.0 Å². The Morgan fingerprint density at radius 2 is 2.22 bits per heavy atom. The lowest BCUT2D eigenvalue weighted by molar-refractivity contribution is -0.139. The summed E-state index contributed by atoms with van der Waals surface area (Å²) < 4.78 is 0. The summed E-state index contributed by atoms with van der Waals surface area (Å²) in [6, 6.07) is -1.35. The number of carboxylic acids is 1. The number of nitrogens with one attached hydrogen (secondary N) is 2. The molecule has 0 aromatic carbocycles. The number of rotatable bonds is 6. The minimum atomic E-state index is -1.02. The molecule has 0 fully saturated rings. The fraction of sp³-hybridized carbons (Fsp3) is 0.545. The number of carbonyl (C=O) groups excluding carboxylic acids is 1. The molecule has 0 spiro atoms. The minimum absolute atomic E-state index is 0.199. The van der Waals surface area contributed by atoms with Crippen molar-refractivity contribution in [3.05, 3.63) is 16.6 Å². The zero-order valence-electron chi connectivity index (χ0n) is 10.3. The molecular formula is C11H17N3O3S. The topological polar surface area (TPSA) is 91.3 Å². The Labute approximate surface area is 109 Å². The summed E-state index contributed by atoms with van der Waals surface area (Å²) in [5.41, 5.74) is 0. The molecule has 6 nitrogen and oxygen atoms in total. The van der Waals surface area contributed by atoms with Gasteiger partial charge in [0, 0.05) is 11.6 Å². The predicted octanol–water partition coefficient (Wildman–Crippen LogP) is 1.44. The van der Waals surface area contributed by atoms with Crippen molar-refractivity contribution in [2.75, 3.05) is 0 Å². The van der Waals surface area contributed by atoms with Crippen molar-refractivity contribution < 1.29 is 14.7 Å². The van der Waals surface area contributed by atoms with Gasteiger partial charge in [0.2, 0.25) is 0 Å². The number of carbonyl (C=O) groups is 2. The fourth-order valence-corrected chi connectivity index (χ4v) is 1.95. The number of aliphatic carboxylic acids is 1. The van der Waals surface area contributed by atoms with Gasteiger partial charge in [-0.3, -0.25) is 0 Å². The molecule has 3 N–H and O–H groups in total. The fourth-order valence-electron chi connectivity index (χ4n) is 1.40. The van der Waals surface area contributed by atoms with Gasteiger partial charge < -0.3 is 15.7 Å². The first-order valence-electron chi connectivity index (χ1n) is 5.64. The van der Waals surface area contributed by atoms with Crippen molar-refractivity contribution in [1.82, 2.24) is 15.6 Å². The summed E-state index contributed by atoms with van der Waals surface area (Å²) in [6.45, 7) is 4.12. The van der Waals surface area contributed by atoms with Crippen molar-refractivity contribution in [3.8, 4) is 0 Å². The molecule has 1 heterocycles. The van der Waals surface area contributed by atoms with Crippen LogP contribution in [0.4, 0.5) is 4.79 Å². The molecule has 1 aromatic heterocycles.